The number of nitrogens with zero attached hydrogens (tertiary/aromatic N) is 2. The van der Waals surface area contributed by atoms with Gasteiger partial charge in [0.1, 0.15) is 0 Å². The highest BCUT2D eigenvalue weighted by atomic mass is 127. The third-order valence-electron chi connectivity index (χ3n) is 0.967. The normalized spacial score (nSPS) is 9.44. The van der Waals surface area contributed by atoms with Gasteiger partial charge >= 0.3 is 0 Å². The maximum absolute atomic E-state index is 4.10. The Labute approximate surface area is 67.9 Å². The second-order valence-corrected chi connectivity index (χ2v) is 2.71. The molecule has 0 saturated heterocycles. The van der Waals surface area contributed by atoms with Gasteiger partial charge in [-0.05, 0) is 0 Å². The predicted octanol–water partition coefficient (Wildman–Crippen LogP) is 1.45. The van der Waals surface area contributed by atoms with Crippen LogP contribution in [0.4, 0.5) is 0 Å². The fraction of sp³-hybridized carbons (Fsp3) is 0.333. The lowest BCUT2D eigenvalue weighted by molar-refractivity contribution is 1.02. The molecule has 1 aromatic rings. The average molecular weight is 234 g/mol. The van der Waals surface area contributed by atoms with Crippen LogP contribution >= 0.6 is 22.6 Å². The van der Waals surface area contributed by atoms with Crippen LogP contribution in [0.5, 0.6) is 0 Å². The van der Waals surface area contributed by atoms with Gasteiger partial charge in [0.2, 0.25) is 0 Å². The minimum Gasteiger partial charge on any atom is -0.261 e. The quantitative estimate of drug-likeness (QED) is 0.571. The zero-order chi connectivity index (χ0) is 6.53. The molecule has 2 nitrogen and oxygen atoms in total. The van der Waals surface area contributed by atoms with Crippen LogP contribution < -0.4 is 0 Å². The van der Waals surface area contributed by atoms with E-state index < -0.39 is 0 Å². The Morgan fingerprint density at radius 3 is 2.89 bits per heavy atom. The van der Waals surface area contributed by atoms with Gasteiger partial charge in [0.05, 0.1) is 5.69 Å². The maximum atomic E-state index is 4.10. The van der Waals surface area contributed by atoms with Crippen molar-refractivity contribution in [3.8, 4) is 0 Å². The summed E-state index contributed by atoms with van der Waals surface area (Å²) in [7, 11) is 0. The van der Waals surface area contributed by atoms with Gasteiger partial charge in [-0.15, -0.1) is 0 Å². The standard InChI is InChI=1S/C6H7IN2/c7-2-1-6-5-8-3-4-9-6/h3-5H,1-2H2. The van der Waals surface area contributed by atoms with Crippen LogP contribution in [0, 0.1) is 0 Å². The van der Waals surface area contributed by atoms with Gasteiger partial charge in [0.25, 0.3) is 0 Å². The lowest BCUT2D eigenvalue weighted by atomic mass is 10.4. The smallest absolute Gasteiger partial charge is 0.0594 e. The fourth-order valence-electron chi connectivity index (χ4n) is 0.556. The summed E-state index contributed by atoms with van der Waals surface area (Å²) in [6, 6.07) is 0. The molecule has 9 heavy (non-hydrogen) atoms. The maximum Gasteiger partial charge on any atom is 0.0594 e. The Morgan fingerprint density at radius 2 is 2.33 bits per heavy atom. The third-order valence-corrected chi connectivity index (χ3v) is 1.51. The molecule has 1 rings (SSSR count). The van der Waals surface area contributed by atoms with E-state index in [4.69, 9.17) is 0 Å². The van der Waals surface area contributed by atoms with Crippen molar-refractivity contribution in [2.24, 2.45) is 0 Å². The van der Waals surface area contributed by atoms with E-state index in [0.717, 1.165) is 16.5 Å². The fourth-order valence-corrected chi connectivity index (χ4v) is 1.11. The van der Waals surface area contributed by atoms with E-state index in [1.165, 1.54) is 0 Å². The van der Waals surface area contributed by atoms with Crippen molar-refractivity contribution in [2.75, 3.05) is 4.43 Å². The molecule has 3 heteroatoms. The average Bonchev–Trinajstić information content (AvgIpc) is 1.91. The van der Waals surface area contributed by atoms with Gasteiger partial charge in [-0.1, -0.05) is 22.6 Å². The molecule has 1 heterocycles. The van der Waals surface area contributed by atoms with E-state index in [2.05, 4.69) is 32.6 Å². The molecular weight excluding hydrogens is 227 g/mol. The van der Waals surface area contributed by atoms with E-state index in [-0.39, 0.29) is 0 Å². The molecule has 0 saturated carbocycles. The first kappa shape index (κ1) is 6.92. The van der Waals surface area contributed by atoms with Crippen molar-refractivity contribution < 1.29 is 0 Å². The van der Waals surface area contributed by atoms with Crippen molar-refractivity contribution in [3.05, 3.63) is 24.3 Å². The zero-order valence-electron chi connectivity index (χ0n) is 4.92. The highest BCUT2D eigenvalue weighted by Crippen LogP contribution is 1.94. The Hall–Kier alpha value is -0.190. The van der Waals surface area contributed by atoms with E-state index in [0.29, 0.717) is 0 Å². The molecule has 0 atom stereocenters. The molecule has 0 N–H and O–H groups in total. The topological polar surface area (TPSA) is 25.8 Å². The number of aromatic nitrogens is 2. The molecule has 0 aliphatic rings. The molecule has 0 fully saturated rings. The summed E-state index contributed by atoms with van der Waals surface area (Å²) in [4.78, 5) is 8.04. The SMILES string of the molecule is ICCc1cnccn1. The highest BCUT2D eigenvalue weighted by Gasteiger charge is 1.88. The number of rotatable bonds is 2. The molecule has 0 bridgehead atoms. The summed E-state index contributed by atoms with van der Waals surface area (Å²) in [5.41, 5.74) is 1.08. The Balaban J connectivity index is 2.61. The molecule has 0 amide bonds. The second-order valence-electron chi connectivity index (χ2n) is 1.64. The zero-order valence-corrected chi connectivity index (χ0v) is 7.08. The molecule has 0 radical (unpaired) electrons. The highest BCUT2D eigenvalue weighted by molar-refractivity contribution is 14.1. The molecule has 0 spiro atoms. The molecule has 0 aliphatic carbocycles. The lowest BCUT2D eigenvalue weighted by Crippen LogP contribution is -1.89. The first-order chi connectivity index (χ1) is 4.43. The summed E-state index contributed by atoms with van der Waals surface area (Å²) in [5, 5.41) is 0. The molecular formula is C6H7IN2. The number of aryl methyl sites for hydroxylation is 1. The number of hydrogen-bond acceptors (Lipinski definition) is 2. The molecule has 48 valence electrons. The minimum absolute atomic E-state index is 1.02. The van der Waals surface area contributed by atoms with E-state index in [1.807, 2.05) is 0 Å². The third kappa shape index (κ3) is 2.26. The molecule has 0 aromatic carbocycles. The van der Waals surface area contributed by atoms with Crippen molar-refractivity contribution in [1.29, 1.82) is 0 Å². The van der Waals surface area contributed by atoms with Crippen LogP contribution in [-0.2, 0) is 6.42 Å². The van der Waals surface area contributed by atoms with Crippen LogP contribution in [-0.4, -0.2) is 14.4 Å². The predicted molar refractivity (Wildman–Crippen MR) is 44.6 cm³/mol. The Kier molecular flexibility index (Phi) is 2.90. The van der Waals surface area contributed by atoms with Gasteiger partial charge in [-0.25, -0.2) is 0 Å². The number of hydrogen-bond donors (Lipinski definition) is 0. The van der Waals surface area contributed by atoms with Crippen molar-refractivity contribution in [3.63, 3.8) is 0 Å². The first-order valence-corrected chi connectivity index (χ1v) is 4.27. The first-order valence-electron chi connectivity index (χ1n) is 2.74. The minimum atomic E-state index is 1.02. The van der Waals surface area contributed by atoms with Crippen molar-refractivity contribution in [2.45, 2.75) is 6.42 Å². The van der Waals surface area contributed by atoms with Crippen LogP contribution in [0.25, 0.3) is 0 Å². The molecule has 1 aromatic heterocycles. The van der Waals surface area contributed by atoms with Crippen LogP contribution in [0.3, 0.4) is 0 Å². The Morgan fingerprint density at radius 1 is 1.44 bits per heavy atom. The van der Waals surface area contributed by atoms with Crippen LogP contribution in [0.15, 0.2) is 18.6 Å². The van der Waals surface area contributed by atoms with Crippen LogP contribution in [0.2, 0.25) is 0 Å². The van der Waals surface area contributed by atoms with Crippen LogP contribution in [0.1, 0.15) is 5.69 Å². The van der Waals surface area contributed by atoms with Gasteiger partial charge in [-0.2, -0.15) is 0 Å². The summed E-state index contributed by atoms with van der Waals surface area (Å²) >= 11 is 2.32. The summed E-state index contributed by atoms with van der Waals surface area (Å²) in [6.07, 6.45) is 6.24. The Bertz CT molecular complexity index is 164. The summed E-state index contributed by atoms with van der Waals surface area (Å²) < 4.78 is 1.11. The number of halogens is 1. The van der Waals surface area contributed by atoms with E-state index in [9.17, 15) is 0 Å². The molecule has 0 aliphatic heterocycles. The summed E-state index contributed by atoms with van der Waals surface area (Å²) in [6.45, 7) is 0. The van der Waals surface area contributed by atoms with E-state index >= 15 is 0 Å². The van der Waals surface area contributed by atoms with Gasteiger partial charge < -0.3 is 0 Å². The van der Waals surface area contributed by atoms with Crippen molar-refractivity contribution in [1.82, 2.24) is 9.97 Å². The largest absolute Gasteiger partial charge is 0.261 e. The van der Waals surface area contributed by atoms with Gasteiger partial charge in [-0.3, -0.25) is 9.97 Å². The lowest BCUT2D eigenvalue weighted by Gasteiger charge is -1.91. The van der Waals surface area contributed by atoms with Gasteiger partial charge in [0.15, 0.2) is 0 Å². The summed E-state index contributed by atoms with van der Waals surface area (Å²) in [5.74, 6) is 0. The van der Waals surface area contributed by atoms with E-state index in [1.54, 1.807) is 18.6 Å². The number of alkyl halides is 1. The van der Waals surface area contributed by atoms with Gasteiger partial charge in [0, 0.05) is 29.4 Å². The van der Waals surface area contributed by atoms with Crippen molar-refractivity contribution >= 4 is 22.6 Å². The molecule has 0 unspecified atom stereocenters. The monoisotopic (exact) mass is 234 g/mol. The second kappa shape index (κ2) is 3.76.